The molecule has 8 heteroatoms. The lowest BCUT2D eigenvalue weighted by Crippen LogP contribution is -2.30. The molecular weight excluding hydrogens is 452 g/mol. The van der Waals surface area contributed by atoms with Gasteiger partial charge in [-0.2, -0.15) is 0 Å². The molecule has 0 radical (unpaired) electrons. The molecule has 2 aromatic carbocycles. The first-order chi connectivity index (χ1) is 16.4. The predicted molar refractivity (Wildman–Crippen MR) is 134 cm³/mol. The number of aromatic nitrogens is 1. The van der Waals surface area contributed by atoms with Gasteiger partial charge in [-0.3, -0.25) is 9.00 Å². The minimum atomic E-state index is -1.39. The minimum Gasteiger partial charge on any atom is -0.490 e. The molecule has 0 aliphatic carbocycles. The predicted octanol–water partition coefficient (Wildman–Crippen LogP) is 4.36. The van der Waals surface area contributed by atoms with Crippen LogP contribution in [0.25, 0.3) is 11.5 Å². The highest BCUT2D eigenvalue weighted by molar-refractivity contribution is 7.84. The second kappa shape index (κ2) is 12.4. The highest BCUT2D eigenvalue weighted by atomic mass is 32.2. The lowest BCUT2D eigenvalue weighted by Gasteiger charge is -2.12. The molecule has 1 atom stereocenters. The lowest BCUT2D eigenvalue weighted by molar-refractivity contribution is -0.118. The van der Waals surface area contributed by atoms with Gasteiger partial charge in [0.1, 0.15) is 11.5 Å². The van der Waals surface area contributed by atoms with Crippen LogP contribution in [-0.2, 0) is 27.8 Å². The smallest absolute Gasteiger partial charge is 0.232 e. The highest BCUT2D eigenvalue weighted by Gasteiger charge is 2.16. The average molecular weight is 485 g/mol. The summed E-state index contributed by atoms with van der Waals surface area (Å²) in [6, 6.07) is 13.6. The Morgan fingerprint density at radius 2 is 1.74 bits per heavy atom. The van der Waals surface area contributed by atoms with E-state index >= 15 is 0 Å². The lowest BCUT2D eigenvalue weighted by atomic mass is 10.1. The number of nitrogens with zero attached hydrogens (tertiary/aromatic N) is 1. The van der Waals surface area contributed by atoms with Crippen molar-refractivity contribution < 1.29 is 22.9 Å². The zero-order valence-corrected chi connectivity index (χ0v) is 21.0. The van der Waals surface area contributed by atoms with Crippen molar-refractivity contribution in [3.8, 4) is 23.0 Å². The number of nitrogens with one attached hydrogen (secondary N) is 1. The summed E-state index contributed by atoms with van der Waals surface area (Å²) in [5, 5.41) is 2.84. The van der Waals surface area contributed by atoms with Crippen LogP contribution in [0.4, 0.5) is 0 Å². The van der Waals surface area contributed by atoms with Crippen molar-refractivity contribution in [3.63, 3.8) is 0 Å². The second-order valence-corrected chi connectivity index (χ2v) is 9.32. The van der Waals surface area contributed by atoms with Crippen molar-refractivity contribution in [3.05, 3.63) is 65.0 Å². The molecule has 1 heterocycles. The van der Waals surface area contributed by atoms with E-state index in [0.29, 0.717) is 55.0 Å². The van der Waals surface area contributed by atoms with Crippen LogP contribution in [0.1, 0.15) is 36.4 Å². The molecule has 0 fully saturated rings. The van der Waals surface area contributed by atoms with Crippen LogP contribution in [0.5, 0.6) is 11.5 Å². The first-order valence-electron chi connectivity index (χ1n) is 11.4. The number of amides is 1. The number of hydrogen-bond acceptors (Lipinski definition) is 6. The van der Waals surface area contributed by atoms with Gasteiger partial charge < -0.3 is 19.2 Å². The molecule has 182 valence electrons. The zero-order valence-electron chi connectivity index (χ0n) is 20.2. The number of benzene rings is 2. The van der Waals surface area contributed by atoms with Gasteiger partial charge in [0.25, 0.3) is 0 Å². The van der Waals surface area contributed by atoms with E-state index in [2.05, 4.69) is 10.3 Å². The minimum absolute atomic E-state index is 0.0837. The van der Waals surface area contributed by atoms with Crippen LogP contribution in [0.15, 0.2) is 46.9 Å². The van der Waals surface area contributed by atoms with E-state index in [1.54, 1.807) is 6.92 Å². The summed E-state index contributed by atoms with van der Waals surface area (Å²) in [6.45, 7) is 9.21. The van der Waals surface area contributed by atoms with E-state index < -0.39 is 10.8 Å². The first kappa shape index (κ1) is 25.5. The highest BCUT2D eigenvalue weighted by Crippen LogP contribution is 2.28. The second-order valence-electron chi connectivity index (χ2n) is 7.86. The Hall–Kier alpha value is -3.13. The normalized spacial score (nSPS) is 11.8. The summed E-state index contributed by atoms with van der Waals surface area (Å²) in [5.74, 6) is 2.35. The molecule has 0 aliphatic rings. The molecule has 7 nitrogen and oxygen atoms in total. The maximum absolute atomic E-state index is 12.6. The van der Waals surface area contributed by atoms with Crippen molar-refractivity contribution in [2.75, 3.05) is 25.5 Å². The Labute approximate surface area is 203 Å². The van der Waals surface area contributed by atoms with Crippen LogP contribution >= 0.6 is 0 Å². The largest absolute Gasteiger partial charge is 0.490 e. The summed E-state index contributed by atoms with van der Waals surface area (Å²) in [6.07, 6.45) is 0.632. The van der Waals surface area contributed by atoms with Crippen molar-refractivity contribution in [1.82, 2.24) is 10.3 Å². The van der Waals surface area contributed by atoms with Gasteiger partial charge in [0.15, 0.2) is 11.5 Å². The van der Waals surface area contributed by atoms with Crippen molar-refractivity contribution in [1.29, 1.82) is 0 Å². The van der Waals surface area contributed by atoms with Crippen LogP contribution in [-0.4, -0.2) is 40.6 Å². The molecular formula is C26H32N2O5S. The standard InChI is InChI=1S/C26H32N2O5S/c1-5-31-23-12-9-20(15-24(23)32-6-2)13-14-27-25(29)17-34(30)16-22-19(4)33-26(28-22)21-10-7-18(3)8-11-21/h7-12,15H,5-6,13-14,16-17H2,1-4H3,(H,27,29). The fourth-order valence-electron chi connectivity index (χ4n) is 3.38. The van der Waals surface area contributed by atoms with Gasteiger partial charge >= 0.3 is 0 Å². The molecule has 0 saturated carbocycles. The summed E-state index contributed by atoms with van der Waals surface area (Å²) < 4.78 is 29.5. The van der Waals surface area contributed by atoms with Crippen molar-refractivity contribution >= 4 is 16.7 Å². The maximum Gasteiger partial charge on any atom is 0.232 e. The molecule has 1 N–H and O–H groups in total. The Morgan fingerprint density at radius 3 is 2.44 bits per heavy atom. The molecule has 1 amide bonds. The van der Waals surface area contributed by atoms with E-state index in [9.17, 15) is 9.00 Å². The molecule has 34 heavy (non-hydrogen) atoms. The zero-order chi connectivity index (χ0) is 24.5. The van der Waals surface area contributed by atoms with Gasteiger partial charge in [-0.15, -0.1) is 0 Å². The molecule has 1 aromatic heterocycles. The Bertz CT molecular complexity index is 1120. The van der Waals surface area contributed by atoms with Crippen LogP contribution in [0.2, 0.25) is 0 Å². The topological polar surface area (TPSA) is 90.7 Å². The van der Waals surface area contributed by atoms with Gasteiger partial charge in [-0.1, -0.05) is 23.8 Å². The average Bonchev–Trinajstić information content (AvgIpc) is 3.16. The monoisotopic (exact) mass is 484 g/mol. The van der Waals surface area contributed by atoms with E-state index in [4.69, 9.17) is 13.9 Å². The first-order valence-corrected chi connectivity index (χ1v) is 12.9. The van der Waals surface area contributed by atoms with E-state index in [-0.39, 0.29) is 17.4 Å². The molecule has 3 rings (SSSR count). The van der Waals surface area contributed by atoms with Crippen LogP contribution in [0.3, 0.4) is 0 Å². The number of rotatable bonds is 12. The molecule has 3 aromatic rings. The van der Waals surface area contributed by atoms with E-state index in [0.717, 1.165) is 16.7 Å². The van der Waals surface area contributed by atoms with Gasteiger partial charge in [-0.05, 0) is 63.9 Å². The number of hydrogen-bond donors (Lipinski definition) is 1. The fourth-order valence-corrected chi connectivity index (χ4v) is 4.45. The number of carbonyl (C=O) groups is 1. The van der Waals surface area contributed by atoms with Gasteiger partial charge in [0.05, 0.1) is 24.7 Å². The van der Waals surface area contributed by atoms with Crippen LogP contribution in [0, 0.1) is 13.8 Å². The summed E-state index contributed by atoms with van der Waals surface area (Å²) >= 11 is 0. The van der Waals surface area contributed by atoms with Gasteiger partial charge in [-0.25, -0.2) is 4.98 Å². The third kappa shape index (κ3) is 7.18. The van der Waals surface area contributed by atoms with Crippen LogP contribution < -0.4 is 14.8 Å². The molecule has 0 spiro atoms. The van der Waals surface area contributed by atoms with Gasteiger partial charge in [0, 0.05) is 22.9 Å². The Morgan fingerprint density at radius 1 is 1.03 bits per heavy atom. The number of aryl methyl sites for hydroxylation is 2. The number of ether oxygens (including phenoxy) is 2. The molecule has 0 saturated heterocycles. The van der Waals surface area contributed by atoms with E-state index in [1.165, 1.54) is 0 Å². The Kier molecular flexibility index (Phi) is 9.27. The number of oxazole rings is 1. The summed E-state index contributed by atoms with van der Waals surface area (Å²) in [5.41, 5.74) is 3.65. The fraction of sp³-hybridized carbons (Fsp3) is 0.385. The SMILES string of the molecule is CCOc1ccc(CCNC(=O)CS(=O)Cc2nc(-c3ccc(C)cc3)oc2C)cc1OCC. The Balaban J connectivity index is 1.49. The van der Waals surface area contributed by atoms with Crippen molar-refractivity contribution in [2.45, 2.75) is 39.9 Å². The van der Waals surface area contributed by atoms with Crippen molar-refractivity contribution in [2.24, 2.45) is 0 Å². The third-order valence-corrected chi connectivity index (χ3v) is 6.30. The molecule has 1 unspecified atom stereocenters. The van der Waals surface area contributed by atoms with E-state index in [1.807, 2.05) is 63.2 Å². The summed E-state index contributed by atoms with van der Waals surface area (Å²) in [7, 11) is -1.39. The number of carbonyl (C=O) groups excluding carboxylic acids is 1. The summed E-state index contributed by atoms with van der Waals surface area (Å²) in [4.78, 5) is 16.8. The molecule has 0 bridgehead atoms. The van der Waals surface area contributed by atoms with Gasteiger partial charge in [0.2, 0.25) is 11.8 Å². The quantitative estimate of drug-likeness (QED) is 0.411. The molecule has 0 aliphatic heterocycles. The third-order valence-electron chi connectivity index (χ3n) is 5.12. The maximum atomic E-state index is 12.6.